The molecule has 2 rings (SSSR count). The maximum atomic E-state index is 4.61. The SMILES string of the molecule is CCCNC(CCCc1cccs1)c1nccn1CCC. The Morgan fingerprint density at radius 3 is 2.95 bits per heavy atom. The van der Waals surface area contributed by atoms with Gasteiger partial charge < -0.3 is 9.88 Å². The lowest BCUT2D eigenvalue weighted by Crippen LogP contribution is -2.25. The highest BCUT2D eigenvalue weighted by Gasteiger charge is 2.15. The minimum atomic E-state index is 0.381. The number of hydrogen-bond acceptors (Lipinski definition) is 3. The molecule has 0 radical (unpaired) electrons. The zero-order chi connectivity index (χ0) is 14.9. The monoisotopic (exact) mass is 305 g/mol. The second-order valence-corrected chi connectivity index (χ2v) is 6.49. The molecule has 2 aromatic heterocycles. The molecule has 0 fully saturated rings. The van der Waals surface area contributed by atoms with Gasteiger partial charge in [-0.05, 0) is 50.1 Å². The molecular formula is C17H27N3S. The predicted molar refractivity (Wildman–Crippen MR) is 90.8 cm³/mol. The third kappa shape index (κ3) is 4.97. The van der Waals surface area contributed by atoms with Crippen LogP contribution in [0.4, 0.5) is 0 Å². The summed E-state index contributed by atoms with van der Waals surface area (Å²) in [5.41, 5.74) is 0. The smallest absolute Gasteiger partial charge is 0.125 e. The van der Waals surface area contributed by atoms with Crippen molar-refractivity contribution in [2.75, 3.05) is 6.54 Å². The number of rotatable bonds is 10. The van der Waals surface area contributed by atoms with Crippen molar-refractivity contribution in [3.63, 3.8) is 0 Å². The van der Waals surface area contributed by atoms with Crippen molar-refractivity contribution in [1.29, 1.82) is 0 Å². The van der Waals surface area contributed by atoms with E-state index in [1.54, 1.807) is 0 Å². The molecule has 0 saturated heterocycles. The van der Waals surface area contributed by atoms with Crippen LogP contribution in [0.25, 0.3) is 0 Å². The first-order valence-corrected chi connectivity index (χ1v) is 8.99. The molecule has 0 spiro atoms. The number of nitrogens with one attached hydrogen (secondary N) is 1. The number of imidazole rings is 1. The van der Waals surface area contributed by atoms with Crippen LogP contribution in [-0.4, -0.2) is 16.1 Å². The lowest BCUT2D eigenvalue weighted by atomic mass is 10.1. The molecule has 4 heteroatoms. The van der Waals surface area contributed by atoms with Gasteiger partial charge in [-0.3, -0.25) is 0 Å². The van der Waals surface area contributed by atoms with Crippen molar-refractivity contribution in [2.24, 2.45) is 0 Å². The second-order valence-electron chi connectivity index (χ2n) is 5.46. The van der Waals surface area contributed by atoms with E-state index < -0.39 is 0 Å². The fourth-order valence-corrected chi connectivity index (χ4v) is 3.39. The van der Waals surface area contributed by atoms with Gasteiger partial charge in [-0.15, -0.1) is 11.3 Å². The second kappa shape index (κ2) is 9.00. The molecule has 0 aromatic carbocycles. The van der Waals surface area contributed by atoms with Gasteiger partial charge in [0.1, 0.15) is 5.82 Å². The summed E-state index contributed by atoms with van der Waals surface area (Å²) in [4.78, 5) is 6.09. The largest absolute Gasteiger partial charge is 0.334 e. The van der Waals surface area contributed by atoms with Gasteiger partial charge >= 0.3 is 0 Å². The van der Waals surface area contributed by atoms with E-state index in [2.05, 4.69) is 52.4 Å². The summed E-state index contributed by atoms with van der Waals surface area (Å²) in [6.45, 7) is 6.55. The molecule has 3 nitrogen and oxygen atoms in total. The number of thiophene rings is 1. The quantitative estimate of drug-likeness (QED) is 0.704. The van der Waals surface area contributed by atoms with E-state index in [9.17, 15) is 0 Å². The highest BCUT2D eigenvalue weighted by molar-refractivity contribution is 7.09. The molecule has 0 aliphatic rings. The fourth-order valence-electron chi connectivity index (χ4n) is 2.64. The molecule has 0 saturated carbocycles. The van der Waals surface area contributed by atoms with Crippen LogP contribution in [0.5, 0.6) is 0 Å². The Balaban J connectivity index is 1.94. The van der Waals surface area contributed by atoms with Crippen LogP contribution in [0, 0.1) is 0 Å². The molecule has 116 valence electrons. The average molecular weight is 305 g/mol. The van der Waals surface area contributed by atoms with Crippen LogP contribution in [0.15, 0.2) is 29.9 Å². The highest BCUT2D eigenvalue weighted by Crippen LogP contribution is 2.20. The maximum Gasteiger partial charge on any atom is 0.125 e. The fraction of sp³-hybridized carbons (Fsp3) is 0.588. The lowest BCUT2D eigenvalue weighted by molar-refractivity contribution is 0.442. The van der Waals surface area contributed by atoms with Gasteiger partial charge in [0, 0.05) is 23.8 Å². The van der Waals surface area contributed by atoms with E-state index in [0.29, 0.717) is 6.04 Å². The normalized spacial score (nSPS) is 12.7. The summed E-state index contributed by atoms with van der Waals surface area (Å²) in [7, 11) is 0. The summed E-state index contributed by atoms with van der Waals surface area (Å²) in [6.07, 6.45) is 9.90. The Morgan fingerprint density at radius 2 is 2.24 bits per heavy atom. The summed E-state index contributed by atoms with van der Waals surface area (Å²) < 4.78 is 2.30. The summed E-state index contributed by atoms with van der Waals surface area (Å²) in [6, 6.07) is 4.75. The predicted octanol–water partition coefficient (Wildman–Crippen LogP) is 4.42. The van der Waals surface area contributed by atoms with Crippen LogP contribution in [0.1, 0.15) is 56.3 Å². The molecule has 21 heavy (non-hydrogen) atoms. The molecule has 1 N–H and O–H groups in total. The van der Waals surface area contributed by atoms with Crippen LogP contribution in [-0.2, 0) is 13.0 Å². The van der Waals surface area contributed by atoms with Crippen molar-refractivity contribution in [2.45, 2.75) is 58.5 Å². The summed E-state index contributed by atoms with van der Waals surface area (Å²) >= 11 is 1.86. The molecule has 2 aromatic rings. The van der Waals surface area contributed by atoms with Crippen LogP contribution in [0.3, 0.4) is 0 Å². The van der Waals surface area contributed by atoms with E-state index >= 15 is 0 Å². The van der Waals surface area contributed by atoms with Gasteiger partial charge in [0.25, 0.3) is 0 Å². The Hall–Kier alpha value is -1.13. The van der Waals surface area contributed by atoms with Crippen LogP contribution in [0.2, 0.25) is 0 Å². The molecule has 0 aliphatic heterocycles. The summed E-state index contributed by atoms with van der Waals surface area (Å²) in [5.74, 6) is 1.21. The molecule has 0 bridgehead atoms. The van der Waals surface area contributed by atoms with E-state index in [0.717, 1.165) is 32.4 Å². The highest BCUT2D eigenvalue weighted by atomic mass is 32.1. The van der Waals surface area contributed by atoms with Gasteiger partial charge in [0.15, 0.2) is 0 Å². The van der Waals surface area contributed by atoms with Gasteiger partial charge in [0.05, 0.1) is 6.04 Å². The average Bonchev–Trinajstić information content (AvgIpc) is 3.15. The van der Waals surface area contributed by atoms with Crippen molar-refractivity contribution in [3.8, 4) is 0 Å². The number of nitrogens with zero attached hydrogens (tertiary/aromatic N) is 2. The Kier molecular flexibility index (Phi) is 6.96. The van der Waals surface area contributed by atoms with Crippen LogP contribution >= 0.6 is 11.3 Å². The zero-order valence-electron chi connectivity index (χ0n) is 13.2. The third-order valence-electron chi connectivity index (χ3n) is 3.66. The first-order valence-electron chi connectivity index (χ1n) is 8.12. The van der Waals surface area contributed by atoms with Gasteiger partial charge in [-0.2, -0.15) is 0 Å². The zero-order valence-corrected chi connectivity index (χ0v) is 14.0. The van der Waals surface area contributed by atoms with Gasteiger partial charge in [-0.25, -0.2) is 4.98 Å². The maximum absolute atomic E-state index is 4.61. The number of hydrogen-bond donors (Lipinski definition) is 1. The van der Waals surface area contributed by atoms with Crippen molar-refractivity contribution >= 4 is 11.3 Å². The standard InChI is InChI=1S/C17H27N3S/c1-3-10-18-16(9-5-7-15-8-6-14-21-15)17-19-11-13-20(17)12-4-2/h6,8,11,13-14,16,18H,3-5,7,9-10,12H2,1-2H3. The van der Waals surface area contributed by atoms with E-state index in [-0.39, 0.29) is 0 Å². The summed E-state index contributed by atoms with van der Waals surface area (Å²) in [5, 5.41) is 5.83. The molecule has 0 amide bonds. The lowest BCUT2D eigenvalue weighted by Gasteiger charge is -2.19. The van der Waals surface area contributed by atoms with Crippen molar-refractivity contribution in [3.05, 3.63) is 40.6 Å². The first-order chi connectivity index (χ1) is 10.3. The molecular weight excluding hydrogens is 278 g/mol. The van der Waals surface area contributed by atoms with Crippen molar-refractivity contribution < 1.29 is 0 Å². The first kappa shape index (κ1) is 16.2. The molecule has 1 atom stereocenters. The van der Waals surface area contributed by atoms with Crippen LogP contribution < -0.4 is 5.32 Å². The minimum absolute atomic E-state index is 0.381. The third-order valence-corrected chi connectivity index (χ3v) is 4.60. The Labute approximate surface area is 132 Å². The topological polar surface area (TPSA) is 29.9 Å². The van der Waals surface area contributed by atoms with E-state index in [1.165, 1.54) is 23.5 Å². The van der Waals surface area contributed by atoms with Gasteiger partial charge in [-0.1, -0.05) is 19.9 Å². The van der Waals surface area contributed by atoms with E-state index in [1.807, 2.05) is 17.5 Å². The molecule has 1 unspecified atom stereocenters. The molecule has 0 aliphatic carbocycles. The van der Waals surface area contributed by atoms with Crippen molar-refractivity contribution in [1.82, 2.24) is 14.9 Å². The Morgan fingerprint density at radius 1 is 1.33 bits per heavy atom. The minimum Gasteiger partial charge on any atom is -0.334 e. The Bertz CT molecular complexity index is 490. The number of aromatic nitrogens is 2. The van der Waals surface area contributed by atoms with E-state index in [4.69, 9.17) is 0 Å². The number of aryl methyl sites for hydroxylation is 2. The molecule has 2 heterocycles. The van der Waals surface area contributed by atoms with Gasteiger partial charge in [0.2, 0.25) is 0 Å².